The van der Waals surface area contributed by atoms with E-state index >= 15 is 0 Å². The number of carbonyl (C=O) groups excluding carboxylic acids is 1. The van der Waals surface area contributed by atoms with Crippen molar-refractivity contribution in [1.29, 1.82) is 0 Å². The fourth-order valence-corrected chi connectivity index (χ4v) is 4.80. The van der Waals surface area contributed by atoms with Gasteiger partial charge in [-0.2, -0.15) is 0 Å². The molecule has 5 rings (SSSR count). The molecule has 4 aromatic rings. The molecule has 0 saturated carbocycles. The van der Waals surface area contributed by atoms with Crippen LogP contribution in [0.1, 0.15) is 26.8 Å². The minimum absolute atomic E-state index is 0.0908. The number of aromatic nitrogens is 2. The van der Waals surface area contributed by atoms with Crippen LogP contribution in [0.15, 0.2) is 58.7 Å². The third-order valence-electron chi connectivity index (χ3n) is 5.76. The average molecular weight is 451 g/mol. The van der Waals surface area contributed by atoms with Crippen molar-refractivity contribution >= 4 is 28.1 Å². The Kier molecular flexibility index (Phi) is 6.34. The number of morpholine rings is 1. The average Bonchev–Trinajstić information content (AvgIpc) is 3.59. The van der Waals surface area contributed by atoms with Crippen LogP contribution < -0.4 is 0 Å². The van der Waals surface area contributed by atoms with Gasteiger partial charge in [0.15, 0.2) is 5.69 Å². The third kappa shape index (κ3) is 4.77. The number of rotatable bonds is 8. The second-order valence-electron chi connectivity index (χ2n) is 7.93. The maximum Gasteiger partial charge on any atom is 0.275 e. The van der Waals surface area contributed by atoms with Gasteiger partial charge in [0.05, 0.1) is 19.8 Å². The number of benzene rings is 1. The molecule has 3 aromatic heterocycles. The zero-order chi connectivity index (χ0) is 21.8. The molecule has 1 saturated heterocycles. The van der Waals surface area contributed by atoms with E-state index in [0.717, 1.165) is 25.0 Å². The van der Waals surface area contributed by atoms with Crippen LogP contribution in [-0.4, -0.2) is 58.5 Å². The number of oxazole rings is 1. The van der Waals surface area contributed by atoms with E-state index in [1.54, 1.807) is 16.2 Å². The molecule has 7 nitrogen and oxygen atoms in total. The summed E-state index contributed by atoms with van der Waals surface area (Å²) in [6.07, 6.45) is 4.49. The number of nitrogens with zero attached hydrogens (tertiary/aromatic N) is 3. The molecule has 1 aliphatic rings. The minimum atomic E-state index is -0.0908. The van der Waals surface area contributed by atoms with Gasteiger partial charge in [0, 0.05) is 48.2 Å². The van der Waals surface area contributed by atoms with Crippen molar-refractivity contribution in [2.24, 2.45) is 0 Å². The number of hydrogen-bond acceptors (Lipinski definition) is 6. The number of thiophene rings is 1. The summed E-state index contributed by atoms with van der Waals surface area (Å²) in [5, 5.41) is 3.36. The Labute approximate surface area is 190 Å². The standard InChI is InChI=1S/C24H26N4O3S/c29-24(28-9-11-30-12-10-28)22-17-31-23(26-22)16-27(15-19-4-3-13-32-19)8-7-18-14-25-21-6-2-1-5-20(18)21/h1-6,13-14,17,25H,7-12,15-16H2. The molecule has 1 aliphatic heterocycles. The zero-order valence-electron chi connectivity index (χ0n) is 17.8. The van der Waals surface area contributed by atoms with Crippen LogP contribution >= 0.6 is 11.3 Å². The molecule has 1 fully saturated rings. The van der Waals surface area contributed by atoms with Crippen molar-refractivity contribution in [3.05, 3.63) is 76.3 Å². The molecule has 0 unspecified atom stereocenters. The number of hydrogen-bond donors (Lipinski definition) is 1. The lowest BCUT2D eigenvalue weighted by Gasteiger charge is -2.25. The van der Waals surface area contributed by atoms with E-state index in [-0.39, 0.29) is 5.91 Å². The highest BCUT2D eigenvalue weighted by atomic mass is 32.1. The Morgan fingerprint density at radius 3 is 2.88 bits per heavy atom. The first-order valence-electron chi connectivity index (χ1n) is 10.9. The monoisotopic (exact) mass is 450 g/mol. The number of amides is 1. The SMILES string of the molecule is O=C(c1coc(CN(CCc2c[nH]c3ccccc23)Cc2cccs2)n1)N1CCOCC1. The lowest BCUT2D eigenvalue weighted by molar-refractivity contribution is 0.0299. The number of fused-ring (bicyclic) bond motifs is 1. The summed E-state index contributed by atoms with van der Waals surface area (Å²) in [5.74, 6) is 0.476. The fourth-order valence-electron chi connectivity index (χ4n) is 4.06. The minimum Gasteiger partial charge on any atom is -0.447 e. The predicted molar refractivity (Wildman–Crippen MR) is 124 cm³/mol. The molecular weight excluding hydrogens is 424 g/mol. The van der Waals surface area contributed by atoms with E-state index in [2.05, 4.69) is 56.8 Å². The highest BCUT2D eigenvalue weighted by Crippen LogP contribution is 2.20. The Morgan fingerprint density at radius 1 is 1.16 bits per heavy atom. The van der Waals surface area contributed by atoms with Crippen LogP contribution in [0.2, 0.25) is 0 Å². The molecular formula is C24H26N4O3S. The summed E-state index contributed by atoms with van der Waals surface area (Å²) in [5.41, 5.74) is 2.83. The summed E-state index contributed by atoms with van der Waals surface area (Å²) in [6.45, 7) is 4.55. The van der Waals surface area contributed by atoms with Crippen molar-refractivity contribution < 1.29 is 13.9 Å². The van der Waals surface area contributed by atoms with E-state index < -0.39 is 0 Å². The molecule has 8 heteroatoms. The first kappa shape index (κ1) is 20.9. The Balaban J connectivity index is 1.28. The van der Waals surface area contributed by atoms with Gasteiger partial charge >= 0.3 is 0 Å². The first-order valence-corrected chi connectivity index (χ1v) is 11.8. The van der Waals surface area contributed by atoms with Gasteiger partial charge in [-0.3, -0.25) is 9.69 Å². The van der Waals surface area contributed by atoms with Gasteiger partial charge in [0.1, 0.15) is 6.26 Å². The van der Waals surface area contributed by atoms with Crippen molar-refractivity contribution in [2.45, 2.75) is 19.5 Å². The Bertz CT molecular complexity index is 1160. The first-order chi connectivity index (χ1) is 15.8. The summed E-state index contributed by atoms with van der Waals surface area (Å²) in [6, 6.07) is 12.6. The summed E-state index contributed by atoms with van der Waals surface area (Å²) in [7, 11) is 0. The van der Waals surface area contributed by atoms with Gasteiger partial charge < -0.3 is 19.0 Å². The number of carbonyl (C=O) groups is 1. The Hall–Kier alpha value is -2.94. The van der Waals surface area contributed by atoms with Crippen molar-refractivity contribution in [3.63, 3.8) is 0 Å². The fraction of sp³-hybridized carbons (Fsp3) is 0.333. The van der Waals surface area contributed by atoms with Crippen molar-refractivity contribution in [1.82, 2.24) is 19.8 Å². The van der Waals surface area contributed by atoms with Crippen LogP contribution in [-0.2, 0) is 24.2 Å². The molecule has 1 amide bonds. The lowest BCUT2D eigenvalue weighted by atomic mass is 10.1. The molecule has 1 aromatic carbocycles. The molecule has 0 aliphatic carbocycles. The number of para-hydroxylation sites is 1. The zero-order valence-corrected chi connectivity index (χ0v) is 18.6. The Morgan fingerprint density at radius 2 is 2.03 bits per heavy atom. The van der Waals surface area contributed by atoms with Gasteiger partial charge in [-0.15, -0.1) is 11.3 Å². The summed E-state index contributed by atoms with van der Waals surface area (Å²) in [4.78, 5) is 25.9. The molecule has 0 bridgehead atoms. The molecule has 4 heterocycles. The number of aromatic amines is 1. The van der Waals surface area contributed by atoms with Gasteiger partial charge in [0.25, 0.3) is 5.91 Å². The summed E-state index contributed by atoms with van der Waals surface area (Å²) >= 11 is 1.75. The molecule has 1 N–H and O–H groups in total. The van der Waals surface area contributed by atoms with E-state index in [1.165, 1.54) is 22.1 Å². The van der Waals surface area contributed by atoms with Crippen molar-refractivity contribution in [2.75, 3.05) is 32.8 Å². The van der Waals surface area contributed by atoms with Crippen LogP contribution in [0.4, 0.5) is 0 Å². The van der Waals surface area contributed by atoms with Gasteiger partial charge in [-0.05, 0) is 29.5 Å². The van der Waals surface area contributed by atoms with Gasteiger partial charge in [-0.25, -0.2) is 4.98 Å². The quantitative estimate of drug-likeness (QED) is 0.440. The predicted octanol–water partition coefficient (Wildman–Crippen LogP) is 3.93. The number of H-pyrrole nitrogens is 1. The van der Waals surface area contributed by atoms with Crippen LogP contribution in [0.25, 0.3) is 10.9 Å². The molecule has 0 atom stereocenters. The second kappa shape index (κ2) is 9.68. The number of nitrogens with one attached hydrogen (secondary N) is 1. The van der Waals surface area contributed by atoms with Crippen LogP contribution in [0.3, 0.4) is 0 Å². The van der Waals surface area contributed by atoms with Gasteiger partial charge in [-0.1, -0.05) is 24.3 Å². The molecule has 32 heavy (non-hydrogen) atoms. The van der Waals surface area contributed by atoms with Crippen LogP contribution in [0.5, 0.6) is 0 Å². The normalized spacial score (nSPS) is 14.5. The molecule has 0 radical (unpaired) electrons. The topological polar surface area (TPSA) is 74.6 Å². The van der Waals surface area contributed by atoms with Crippen LogP contribution in [0, 0.1) is 0 Å². The number of ether oxygens (including phenoxy) is 1. The van der Waals surface area contributed by atoms with Crippen molar-refractivity contribution in [3.8, 4) is 0 Å². The largest absolute Gasteiger partial charge is 0.447 e. The smallest absolute Gasteiger partial charge is 0.275 e. The van der Waals surface area contributed by atoms with E-state index in [1.807, 2.05) is 6.07 Å². The second-order valence-corrected chi connectivity index (χ2v) is 8.96. The summed E-state index contributed by atoms with van der Waals surface area (Å²) < 4.78 is 11.0. The highest BCUT2D eigenvalue weighted by molar-refractivity contribution is 7.09. The lowest BCUT2D eigenvalue weighted by Crippen LogP contribution is -2.40. The van der Waals surface area contributed by atoms with E-state index in [0.29, 0.717) is 44.4 Å². The van der Waals surface area contributed by atoms with E-state index in [4.69, 9.17) is 9.15 Å². The van der Waals surface area contributed by atoms with Gasteiger partial charge in [0.2, 0.25) is 5.89 Å². The molecule has 166 valence electrons. The van der Waals surface area contributed by atoms with E-state index in [9.17, 15) is 4.79 Å². The highest BCUT2D eigenvalue weighted by Gasteiger charge is 2.22. The molecule has 0 spiro atoms. The third-order valence-corrected chi connectivity index (χ3v) is 6.62. The maximum absolute atomic E-state index is 12.7. The maximum atomic E-state index is 12.7.